The summed E-state index contributed by atoms with van der Waals surface area (Å²) in [6.07, 6.45) is 6.72. The zero-order chi connectivity index (χ0) is 17.9. The van der Waals surface area contributed by atoms with E-state index in [0.29, 0.717) is 5.75 Å². The van der Waals surface area contributed by atoms with Crippen LogP contribution in [0.1, 0.15) is 18.5 Å². The van der Waals surface area contributed by atoms with E-state index < -0.39 is 0 Å². The Morgan fingerprint density at radius 1 is 1.04 bits per heavy atom. The number of aromatic nitrogens is 5. The van der Waals surface area contributed by atoms with Crippen molar-refractivity contribution in [3.63, 3.8) is 0 Å². The standard InChI is InChI=1S/C19H18N6O/c1-13(24-18-17-11-23-25(2)19(17)22-12-21-18)14-5-7-15(8-6-14)26-16-4-3-9-20-10-16/h3-13H,1-2H3,(H,21,22,24). The van der Waals surface area contributed by atoms with Gasteiger partial charge in [-0.2, -0.15) is 5.10 Å². The molecule has 1 N–H and O–H groups in total. The number of fused-ring (bicyclic) bond motifs is 1. The van der Waals surface area contributed by atoms with Crippen molar-refractivity contribution < 1.29 is 4.74 Å². The molecule has 0 saturated carbocycles. The highest BCUT2D eigenvalue weighted by atomic mass is 16.5. The Hall–Kier alpha value is -3.48. The maximum atomic E-state index is 5.78. The van der Waals surface area contributed by atoms with Gasteiger partial charge in [0.05, 0.1) is 17.8 Å². The van der Waals surface area contributed by atoms with Crippen molar-refractivity contribution in [3.8, 4) is 11.5 Å². The molecule has 26 heavy (non-hydrogen) atoms. The Bertz CT molecular complexity index is 1010. The first-order valence-corrected chi connectivity index (χ1v) is 8.28. The second kappa shape index (κ2) is 6.79. The molecule has 130 valence electrons. The summed E-state index contributed by atoms with van der Waals surface area (Å²) in [6, 6.07) is 11.7. The van der Waals surface area contributed by atoms with E-state index in [4.69, 9.17) is 4.74 Å². The van der Waals surface area contributed by atoms with E-state index in [1.807, 2.05) is 43.4 Å². The molecular weight excluding hydrogens is 328 g/mol. The van der Waals surface area contributed by atoms with Gasteiger partial charge in [0.15, 0.2) is 5.65 Å². The van der Waals surface area contributed by atoms with Gasteiger partial charge in [-0.15, -0.1) is 0 Å². The Kier molecular flexibility index (Phi) is 4.18. The number of hydrogen-bond donors (Lipinski definition) is 1. The Morgan fingerprint density at radius 3 is 2.65 bits per heavy atom. The molecule has 3 heterocycles. The average molecular weight is 346 g/mol. The maximum Gasteiger partial charge on any atom is 0.163 e. The largest absolute Gasteiger partial charge is 0.456 e. The van der Waals surface area contributed by atoms with E-state index in [-0.39, 0.29) is 6.04 Å². The SMILES string of the molecule is CC(Nc1ncnc2c1cnn2C)c1ccc(Oc2cccnc2)cc1. The number of anilines is 1. The van der Waals surface area contributed by atoms with Gasteiger partial charge in [-0.3, -0.25) is 9.67 Å². The zero-order valence-corrected chi connectivity index (χ0v) is 14.5. The van der Waals surface area contributed by atoms with Gasteiger partial charge in [0, 0.05) is 19.3 Å². The fourth-order valence-electron chi connectivity index (χ4n) is 2.73. The van der Waals surface area contributed by atoms with Gasteiger partial charge in [0.1, 0.15) is 23.6 Å². The van der Waals surface area contributed by atoms with Crippen LogP contribution in [0.15, 0.2) is 61.3 Å². The highest BCUT2D eigenvalue weighted by molar-refractivity contribution is 5.86. The summed E-state index contributed by atoms with van der Waals surface area (Å²) in [5.41, 5.74) is 1.93. The van der Waals surface area contributed by atoms with Crippen LogP contribution in [0.2, 0.25) is 0 Å². The van der Waals surface area contributed by atoms with Gasteiger partial charge in [-0.05, 0) is 36.8 Å². The molecule has 0 aliphatic heterocycles. The molecule has 7 heteroatoms. The van der Waals surface area contributed by atoms with Crippen molar-refractivity contribution in [1.82, 2.24) is 24.7 Å². The molecule has 0 fully saturated rings. The molecule has 0 aliphatic carbocycles. The van der Waals surface area contributed by atoms with Crippen LogP contribution in [0, 0.1) is 0 Å². The monoisotopic (exact) mass is 346 g/mol. The number of pyridine rings is 1. The number of hydrogen-bond acceptors (Lipinski definition) is 6. The van der Waals surface area contributed by atoms with Crippen LogP contribution in [-0.2, 0) is 7.05 Å². The molecule has 1 atom stereocenters. The van der Waals surface area contributed by atoms with E-state index in [0.717, 1.165) is 28.2 Å². The summed E-state index contributed by atoms with van der Waals surface area (Å²) in [5, 5.41) is 8.57. The molecule has 0 amide bonds. The molecule has 0 bridgehead atoms. The number of benzene rings is 1. The lowest BCUT2D eigenvalue weighted by Crippen LogP contribution is -2.08. The Morgan fingerprint density at radius 2 is 1.88 bits per heavy atom. The van der Waals surface area contributed by atoms with E-state index in [9.17, 15) is 0 Å². The number of nitrogens with zero attached hydrogens (tertiary/aromatic N) is 5. The fourth-order valence-corrected chi connectivity index (χ4v) is 2.73. The van der Waals surface area contributed by atoms with E-state index >= 15 is 0 Å². The Balaban J connectivity index is 1.50. The highest BCUT2D eigenvalue weighted by Crippen LogP contribution is 2.26. The van der Waals surface area contributed by atoms with Crippen LogP contribution in [0.25, 0.3) is 11.0 Å². The molecule has 1 unspecified atom stereocenters. The average Bonchev–Trinajstić information content (AvgIpc) is 3.05. The normalized spacial score (nSPS) is 12.1. The van der Waals surface area contributed by atoms with E-state index in [1.54, 1.807) is 29.6 Å². The topological polar surface area (TPSA) is 77.8 Å². The second-order valence-electron chi connectivity index (χ2n) is 5.95. The number of aryl methyl sites for hydroxylation is 1. The third-order valence-corrected chi connectivity index (χ3v) is 4.13. The first kappa shape index (κ1) is 16.0. The molecule has 3 aromatic heterocycles. The molecule has 1 aromatic carbocycles. The first-order chi connectivity index (χ1) is 12.7. The van der Waals surface area contributed by atoms with Gasteiger partial charge in [0.25, 0.3) is 0 Å². The van der Waals surface area contributed by atoms with Crippen molar-refractivity contribution in [2.75, 3.05) is 5.32 Å². The maximum absolute atomic E-state index is 5.78. The second-order valence-corrected chi connectivity index (χ2v) is 5.95. The predicted molar refractivity (Wildman–Crippen MR) is 99.1 cm³/mol. The summed E-state index contributed by atoms with van der Waals surface area (Å²) in [5.74, 6) is 2.25. The summed E-state index contributed by atoms with van der Waals surface area (Å²) in [4.78, 5) is 12.7. The summed E-state index contributed by atoms with van der Waals surface area (Å²) < 4.78 is 7.51. The van der Waals surface area contributed by atoms with Crippen molar-refractivity contribution in [2.24, 2.45) is 7.05 Å². The van der Waals surface area contributed by atoms with Crippen LogP contribution in [0.3, 0.4) is 0 Å². The van der Waals surface area contributed by atoms with Crippen LogP contribution in [0.4, 0.5) is 5.82 Å². The summed E-state index contributed by atoms with van der Waals surface area (Å²) in [6.45, 7) is 2.08. The third-order valence-electron chi connectivity index (χ3n) is 4.13. The lowest BCUT2D eigenvalue weighted by Gasteiger charge is -2.16. The van der Waals surface area contributed by atoms with Gasteiger partial charge in [0.2, 0.25) is 0 Å². The minimum atomic E-state index is 0.0701. The first-order valence-electron chi connectivity index (χ1n) is 8.28. The van der Waals surface area contributed by atoms with Gasteiger partial charge in [-0.25, -0.2) is 9.97 Å². The van der Waals surface area contributed by atoms with Gasteiger partial charge in [-0.1, -0.05) is 12.1 Å². The van der Waals surface area contributed by atoms with Crippen LogP contribution >= 0.6 is 0 Å². The number of nitrogens with one attached hydrogen (secondary N) is 1. The number of ether oxygens (including phenoxy) is 1. The lowest BCUT2D eigenvalue weighted by atomic mass is 10.1. The molecule has 7 nitrogen and oxygen atoms in total. The molecule has 0 aliphatic rings. The Labute approximate surface area is 150 Å². The molecule has 0 saturated heterocycles. The predicted octanol–water partition coefficient (Wildman–Crippen LogP) is 3.72. The van der Waals surface area contributed by atoms with E-state index in [1.165, 1.54) is 0 Å². The van der Waals surface area contributed by atoms with Crippen LogP contribution in [0.5, 0.6) is 11.5 Å². The molecule has 0 spiro atoms. The molecule has 0 radical (unpaired) electrons. The minimum absolute atomic E-state index is 0.0701. The highest BCUT2D eigenvalue weighted by Gasteiger charge is 2.12. The smallest absolute Gasteiger partial charge is 0.163 e. The molecular formula is C19H18N6O. The van der Waals surface area contributed by atoms with Crippen LogP contribution in [-0.4, -0.2) is 24.7 Å². The van der Waals surface area contributed by atoms with Crippen molar-refractivity contribution in [2.45, 2.75) is 13.0 Å². The summed E-state index contributed by atoms with van der Waals surface area (Å²) in [7, 11) is 1.86. The van der Waals surface area contributed by atoms with Crippen molar-refractivity contribution in [1.29, 1.82) is 0 Å². The number of rotatable bonds is 5. The summed E-state index contributed by atoms with van der Waals surface area (Å²) >= 11 is 0. The van der Waals surface area contributed by atoms with E-state index in [2.05, 4.69) is 32.3 Å². The zero-order valence-electron chi connectivity index (χ0n) is 14.5. The minimum Gasteiger partial charge on any atom is -0.456 e. The van der Waals surface area contributed by atoms with Crippen molar-refractivity contribution >= 4 is 16.9 Å². The van der Waals surface area contributed by atoms with Gasteiger partial charge < -0.3 is 10.1 Å². The fraction of sp³-hybridized carbons (Fsp3) is 0.158. The molecule has 4 rings (SSSR count). The third kappa shape index (κ3) is 3.19. The van der Waals surface area contributed by atoms with Crippen molar-refractivity contribution in [3.05, 3.63) is 66.9 Å². The quantitative estimate of drug-likeness (QED) is 0.593. The molecule has 4 aromatic rings. The van der Waals surface area contributed by atoms with Gasteiger partial charge >= 0.3 is 0 Å². The van der Waals surface area contributed by atoms with Crippen LogP contribution < -0.4 is 10.1 Å². The lowest BCUT2D eigenvalue weighted by molar-refractivity contribution is 0.480.